The lowest BCUT2D eigenvalue weighted by Gasteiger charge is -2.34. The first-order valence-electron chi connectivity index (χ1n) is 6.69. The number of fused-ring (bicyclic) bond motifs is 1. The highest BCUT2D eigenvalue weighted by molar-refractivity contribution is 5.97. The van der Waals surface area contributed by atoms with Gasteiger partial charge in [-0.1, -0.05) is 0 Å². The Balaban J connectivity index is 2.30. The van der Waals surface area contributed by atoms with Crippen LogP contribution in [0.3, 0.4) is 0 Å². The smallest absolute Gasteiger partial charge is 0.323 e. The van der Waals surface area contributed by atoms with Gasteiger partial charge in [0.25, 0.3) is 5.91 Å². The molecule has 1 aromatic rings. The topological polar surface area (TPSA) is 69.6 Å². The molecule has 1 aromatic carbocycles. The van der Waals surface area contributed by atoms with Crippen molar-refractivity contribution in [2.75, 3.05) is 18.4 Å². The summed E-state index contributed by atoms with van der Waals surface area (Å²) in [4.78, 5) is 24.9. The Morgan fingerprint density at radius 1 is 1.35 bits per heavy atom. The number of amides is 1. The molecule has 0 atom stereocenters. The van der Waals surface area contributed by atoms with E-state index in [0.717, 1.165) is 24.2 Å². The van der Waals surface area contributed by atoms with Crippen molar-refractivity contribution < 1.29 is 14.7 Å². The third kappa shape index (κ3) is 2.92. The van der Waals surface area contributed by atoms with E-state index in [9.17, 15) is 9.59 Å². The number of anilines is 1. The van der Waals surface area contributed by atoms with Crippen molar-refractivity contribution in [1.82, 2.24) is 4.90 Å². The van der Waals surface area contributed by atoms with Crippen LogP contribution in [-0.4, -0.2) is 40.5 Å². The van der Waals surface area contributed by atoms with E-state index in [1.807, 2.05) is 32.9 Å². The fourth-order valence-electron chi connectivity index (χ4n) is 2.34. The van der Waals surface area contributed by atoms with Crippen LogP contribution in [0.1, 0.15) is 36.7 Å². The van der Waals surface area contributed by atoms with Crippen molar-refractivity contribution in [2.24, 2.45) is 0 Å². The maximum absolute atomic E-state index is 12.6. The summed E-state index contributed by atoms with van der Waals surface area (Å²) in [6.45, 7) is 6.09. The average Bonchev–Trinajstić information content (AvgIpc) is 2.80. The molecule has 2 N–H and O–H groups in total. The summed E-state index contributed by atoms with van der Waals surface area (Å²) in [6.07, 6.45) is 0.894. The van der Waals surface area contributed by atoms with Gasteiger partial charge in [-0.25, -0.2) is 0 Å². The van der Waals surface area contributed by atoms with Gasteiger partial charge < -0.3 is 15.3 Å². The van der Waals surface area contributed by atoms with Gasteiger partial charge in [-0.05, 0) is 51.0 Å². The van der Waals surface area contributed by atoms with Crippen molar-refractivity contribution in [3.05, 3.63) is 29.3 Å². The van der Waals surface area contributed by atoms with Gasteiger partial charge in [-0.2, -0.15) is 0 Å². The molecule has 1 amide bonds. The molecule has 108 valence electrons. The monoisotopic (exact) mass is 276 g/mol. The van der Waals surface area contributed by atoms with E-state index in [2.05, 4.69) is 5.32 Å². The van der Waals surface area contributed by atoms with Gasteiger partial charge in [0.15, 0.2) is 0 Å². The Morgan fingerprint density at radius 3 is 2.65 bits per heavy atom. The molecular weight excluding hydrogens is 256 g/mol. The molecule has 2 rings (SSSR count). The SMILES string of the molecule is CC(C)(C)N(CC(=O)O)C(=O)c1ccc2c(c1)CCN2. The van der Waals surface area contributed by atoms with Gasteiger partial charge in [0.2, 0.25) is 0 Å². The van der Waals surface area contributed by atoms with Crippen molar-refractivity contribution in [3.8, 4) is 0 Å². The number of carboxylic acid groups (broad SMARTS) is 1. The Morgan fingerprint density at radius 2 is 2.05 bits per heavy atom. The molecule has 0 saturated heterocycles. The minimum Gasteiger partial charge on any atom is -0.480 e. The summed E-state index contributed by atoms with van der Waals surface area (Å²) in [7, 11) is 0. The molecule has 0 radical (unpaired) electrons. The average molecular weight is 276 g/mol. The molecule has 0 bridgehead atoms. The quantitative estimate of drug-likeness (QED) is 0.885. The summed E-state index contributed by atoms with van der Waals surface area (Å²) in [5.41, 5.74) is 2.18. The van der Waals surface area contributed by atoms with Crippen LogP contribution < -0.4 is 5.32 Å². The molecule has 0 aliphatic carbocycles. The van der Waals surface area contributed by atoms with Gasteiger partial charge in [-0.15, -0.1) is 0 Å². The second-order valence-corrected chi connectivity index (χ2v) is 6.00. The van der Waals surface area contributed by atoms with Crippen LogP contribution in [0.2, 0.25) is 0 Å². The minimum atomic E-state index is -1.00. The highest BCUT2D eigenvalue weighted by Crippen LogP contribution is 2.25. The second-order valence-electron chi connectivity index (χ2n) is 6.00. The Bertz CT molecular complexity index is 547. The van der Waals surface area contributed by atoms with Gasteiger partial charge in [0, 0.05) is 23.3 Å². The molecule has 1 aliphatic heterocycles. The van der Waals surface area contributed by atoms with Gasteiger partial charge in [-0.3, -0.25) is 9.59 Å². The number of carbonyl (C=O) groups excluding carboxylic acids is 1. The number of nitrogens with one attached hydrogen (secondary N) is 1. The molecular formula is C15H20N2O3. The lowest BCUT2D eigenvalue weighted by molar-refractivity contribution is -0.138. The summed E-state index contributed by atoms with van der Waals surface area (Å²) in [6, 6.07) is 5.50. The van der Waals surface area contributed by atoms with E-state index in [4.69, 9.17) is 5.11 Å². The predicted octanol–water partition coefficient (Wildman–Crippen LogP) is 1.98. The molecule has 0 unspecified atom stereocenters. The summed E-state index contributed by atoms with van der Waals surface area (Å²) < 4.78 is 0. The first-order valence-corrected chi connectivity index (χ1v) is 6.69. The van der Waals surface area contributed by atoms with Crippen LogP contribution in [0, 0.1) is 0 Å². The molecule has 5 heteroatoms. The number of benzene rings is 1. The van der Waals surface area contributed by atoms with Crippen LogP contribution in [0.4, 0.5) is 5.69 Å². The van der Waals surface area contributed by atoms with Crippen molar-refractivity contribution in [1.29, 1.82) is 0 Å². The fourth-order valence-corrected chi connectivity index (χ4v) is 2.34. The van der Waals surface area contributed by atoms with Crippen LogP contribution in [0.5, 0.6) is 0 Å². The maximum atomic E-state index is 12.6. The first-order chi connectivity index (χ1) is 9.29. The third-order valence-corrected chi connectivity index (χ3v) is 3.41. The number of hydrogen-bond donors (Lipinski definition) is 2. The zero-order valence-corrected chi connectivity index (χ0v) is 12.1. The van der Waals surface area contributed by atoms with E-state index in [1.54, 1.807) is 6.07 Å². The third-order valence-electron chi connectivity index (χ3n) is 3.41. The maximum Gasteiger partial charge on any atom is 0.323 e. The van der Waals surface area contributed by atoms with E-state index in [0.29, 0.717) is 5.56 Å². The van der Waals surface area contributed by atoms with Crippen LogP contribution in [0.15, 0.2) is 18.2 Å². The minimum absolute atomic E-state index is 0.241. The van der Waals surface area contributed by atoms with Gasteiger partial charge >= 0.3 is 5.97 Å². The number of rotatable bonds is 3. The predicted molar refractivity (Wildman–Crippen MR) is 77.1 cm³/mol. The standard InChI is InChI=1S/C15H20N2O3/c1-15(2,3)17(9-13(18)19)14(20)11-4-5-12-10(8-11)6-7-16-12/h4-5,8,16H,6-7,9H2,1-3H3,(H,18,19). The Kier molecular flexibility index (Phi) is 3.70. The van der Waals surface area contributed by atoms with E-state index >= 15 is 0 Å². The molecule has 0 saturated carbocycles. The molecule has 5 nitrogen and oxygen atoms in total. The number of hydrogen-bond acceptors (Lipinski definition) is 3. The molecule has 20 heavy (non-hydrogen) atoms. The molecule has 1 heterocycles. The zero-order chi connectivity index (χ0) is 14.9. The molecule has 0 aromatic heterocycles. The second kappa shape index (κ2) is 5.15. The van der Waals surface area contributed by atoms with Gasteiger partial charge in [0.05, 0.1) is 0 Å². The van der Waals surface area contributed by atoms with Gasteiger partial charge in [0.1, 0.15) is 6.54 Å². The van der Waals surface area contributed by atoms with Crippen molar-refractivity contribution in [3.63, 3.8) is 0 Å². The zero-order valence-electron chi connectivity index (χ0n) is 12.1. The highest BCUT2D eigenvalue weighted by Gasteiger charge is 2.29. The largest absolute Gasteiger partial charge is 0.480 e. The number of aliphatic carboxylic acids is 1. The lowest BCUT2D eigenvalue weighted by atomic mass is 10.0. The Hall–Kier alpha value is -2.04. The molecule has 1 aliphatic rings. The molecule has 0 fully saturated rings. The molecule has 0 spiro atoms. The lowest BCUT2D eigenvalue weighted by Crippen LogP contribution is -2.48. The fraction of sp³-hybridized carbons (Fsp3) is 0.467. The number of nitrogens with zero attached hydrogens (tertiary/aromatic N) is 1. The van der Waals surface area contributed by atoms with Crippen LogP contribution in [0.25, 0.3) is 0 Å². The number of carbonyl (C=O) groups is 2. The summed E-state index contributed by atoms with van der Waals surface area (Å²) >= 11 is 0. The number of carboxylic acids is 1. The van der Waals surface area contributed by atoms with E-state index in [-0.39, 0.29) is 12.5 Å². The van der Waals surface area contributed by atoms with E-state index in [1.165, 1.54) is 4.90 Å². The Labute approximate surface area is 118 Å². The van der Waals surface area contributed by atoms with Crippen molar-refractivity contribution >= 4 is 17.6 Å². The highest BCUT2D eigenvalue weighted by atomic mass is 16.4. The first kappa shape index (κ1) is 14.4. The summed E-state index contributed by atoms with van der Waals surface area (Å²) in [5.74, 6) is -1.24. The van der Waals surface area contributed by atoms with Crippen LogP contribution in [-0.2, 0) is 11.2 Å². The van der Waals surface area contributed by atoms with Crippen LogP contribution >= 0.6 is 0 Å². The van der Waals surface area contributed by atoms with Crippen molar-refractivity contribution in [2.45, 2.75) is 32.7 Å². The normalized spacial score (nSPS) is 13.6. The van der Waals surface area contributed by atoms with E-state index < -0.39 is 11.5 Å². The summed E-state index contributed by atoms with van der Waals surface area (Å²) in [5, 5.41) is 12.2.